The third kappa shape index (κ3) is 3.87. The molecule has 0 bridgehead atoms. The standard InChI is InChI=1S/C26H27N3O6/c1-32-20-10-14(8-9-18(20)30)23-16(13-27)26(28)29(17-6-5-7-19(31)24(17)23)15-11-21(33-2)25(35-4)22(12-15)34-3/h8-12,23,30H,5-7,28H2,1-4H3. The highest BCUT2D eigenvalue weighted by atomic mass is 16.5. The SMILES string of the molecule is COc1cc(C2C(C#N)=C(N)N(c3cc(OC)c(OC)c(OC)c3)C3=C2C(=O)CCC3)ccc1O. The van der Waals surface area contributed by atoms with Crippen LogP contribution in [-0.2, 0) is 4.79 Å². The second-order valence-corrected chi connectivity index (χ2v) is 8.13. The minimum Gasteiger partial charge on any atom is -0.504 e. The van der Waals surface area contributed by atoms with Crippen molar-refractivity contribution in [3.8, 4) is 34.8 Å². The van der Waals surface area contributed by atoms with Crippen molar-refractivity contribution in [1.82, 2.24) is 0 Å². The van der Waals surface area contributed by atoms with E-state index in [1.54, 1.807) is 29.2 Å². The monoisotopic (exact) mass is 477 g/mol. The molecule has 1 aliphatic heterocycles. The second kappa shape index (κ2) is 9.50. The number of methoxy groups -OCH3 is 4. The average Bonchev–Trinajstić information content (AvgIpc) is 2.87. The van der Waals surface area contributed by atoms with Crippen molar-refractivity contribution >= 4 is 11.5 Å². The number of phenols is 1. The minimum atomic E-state index is -0.685. The van der Waals surface area contributed by atoms with Gasteiger partial charge in [0.05, 0.1) is 51.7 Å². The molecule has 2 aromatic rings. The number of nitrogens with two attached hydrogens (primary N) is 1. The third-order valence-electron chi connectivity index (χ3n) is 6.36. The van der Waals surface area contributed by atoms with E-state index < -0.39 is 5.92 Å². The highest BCUT2D eigenvalue weighted by molar-refractivity contribution is 6.01. The molecule has 35 heavy (non-hydrogen) atoms. The molecule has 0 aromatic heterocycles. The summed E-state index contributed by atoms with van der Waals surface area (Å²) in [7, 11) is 5.98. The van der Waals surface area contributed by atoms with E-state index in [4.69, 9.17) is 24.7 Å². The summed E-state index contributed by atoms with van der Waals surface area (Å²) in [6.07, 6.45) is 1.61. The number of anilines is 1. The first-order chi connectivity index (χ1) is 16.9. The Bertz CT molecular complexity index is 1270. The Hall–Kier alpha value is -4.32. The zero-order valence-corrected chi connectivity index (χ0v) is 20.0. The third-order valence-corrected chi connectivity index (χ3v) is 6.36. The van der Waals surface area contributed by atoms with Gasteiger partial charge in [-0.3, -0.25) is 9.69 Å². The van der Waals surface area contributed by atoms with Crippen molar-refractivity contribution in [2.45, 2.75) is 25.2 Å². The number of hydrogen-bond acceptors (Lipinski definition) is 9. The summed E-state index contributed by atoms with van der Waals surface area (Å²) in [6, 6.07) is 10.5. The van der Waals surface area contributed by atoms with E-state index >= 15 is 0 Å². The summed E-state index contributed by atoms with van der Waals surface area (Å²) >= 11 is 0. The topological polar surface area (TPSA) is 127 Å². The van der Waals surface area contributed by atoms with Crippen molar-refractivity contribution < 1.29 is 28.8 Å². The number of carbonyl (C=O) groups excluding carboxylic acids is 1. The van der Waals surface area contributed by atoms with Gasteiger partial charge in [-0.25, -0.2) is 0 Å². The number of hydrogen-bond donors (Lipinski definition) is 2. The number of phenolic OH excluding ortho intramolecular Hbond substituents is 1. The molecule has 2 aliphatic rings. The summed E-state index contributed by atoms with van der Waals surface area (Å²) in [4.78, 5) is 15.0. The van der Waals surface area contributed by atoms with Gasteiger partial charge in [-0.1, -0.05) is 6.07 Å². The van der Waals surface area contributed by atoms with E-state index in [1.807, 2.05) is 0 Å². The average molecular weight is 478 g/mol. The highest BCUT2D eigenvalue weighted by Crippen LogP contribution is 2.49. The molecule has 1 unspecified atom stereocenters. The number of nitrogens with zero attached hydrogens (tertiary/aromatic N) is 2. The molecule has 0 spiro atoms. The van der Waals surface area contributed by atoms with Crippen LogP contribution in [0.15, 0.2) is 53.0 Å². The van der Waals surface area contributed by atoms with Crippen LogP contribution in [0.1, 0.15) is 30.7 Å². The van der Waals surface area contributed by atoms with Crippen LogP contribution in [0, 0.1) is 11.3 Å². The molecule has 1 heterocycles. The van der Waals surface area contributed by atoms with Crippen molar-refractivity contribution in [3.63, 3.8) is 0 Å². The molecule has 4 rings (SSSR count). The number of benzene rings is 2. The summed E-state index contributed by atoms with van der Waals surface area (Å²) in [5, 5.41) is 20.3. The number of carbonyl (C=O) groups is 1. The number of ketones is 1. The summed E-state index contributed by atoms with van der Waals surface area (Å²) in [5.74, 6) is 0.929. The van der Waals surface area contributed by atoms with Crippen molar-refractivity contribution in [2.75, 3.05) is 33.3 Å². The van der Waals surface area contributed by atoms with Crippen molar-refractivity contribution in [3.05, 3.63) is 58.6 Å². The van der Waals surface area contributed by atoms with E-state index in [1.165, 1.54) is 34.5 Å². The highest BCUT2D eigenvalue weighted by Gasteiger charge is 2.41. The lowest BCUT2D eigenvalue weighted by molar-refractivity contribution is -0.116. The minimum absolute atomic E-state index is 0.0364. The number of nitriles is 1. The summed E-state index contributed by atoms with van der Waals surface area (Å²) in [5.41, 5.74) is 9.29. The van der Waals surface area contributed by atoms with Gasteiger partial charge in [0.2, 0.25) is 5.75 Å². The predicted octanol–water partition coefficient (Wildman–Crippen LogP) is 3.73. The quantitative estimate of drug-likeness (QED) is 0.640. The van der Waals surface area contributed by atoms with Crippen LogP contribution in [0.4, 0.5) is 5.69 Å². The van der Waals surface area contributed by atoms with Gasteiger partial charge in [-0.05, 0) is 30.5 Å². The summed E-state index contributed by atoms with van der Waals surface area (Å²) in [6.45, 7) is 0. The number of aromatic hydroxyl groups is 1. The molecule has 0 fully saturated rings. The lowest BCUT2D eigenvalue weighted by Gasteiger charge is -2.40. The molecule has 1 aliphatic carbocycles. The van der Waals surface area contributed by atoms with Crippen molar-refractivity contribution in [1.29, 1.82) is 5.26 Å². The van der Waals surface area contributed by atoms with Crippen LogP contribution in [0.2, 0.25) is 0 Å². The Balaban J connectivity index is 1.98. The molecule has 0 saturated carbocycles. The second-order valence-electron chi connectivity index (χ2n) is 8.13. The zero-order chi connectivity index (χ0) is 25.3. The van der Waals surface area contributed by atoms with E-state index in [-0.39, 0.29) is 28.7 Å². The maximum Gasteiger partial charge on any atom is 0.203 e. The van der Waals surface area contributed by atoms with Crippen LogP contribution in [-0.4, -0.2) is 39.3 Å². The molecule has 2 aromatic carbocycles. The molecule has 1 atom stereocenters. The number of rotatable bonds is 6. The number of Topliss-reactive ketones (excluding diaryl/α,β-unsaturated/α-hetero) is 1. The fourth-order valence-electron chi connectivity index (χ4n) is 4.78. The van der Waals surface area contributed by atoms with Crippen LogP contribution in [0.3, 0.4) is 0 Å². The number of allylic oxidation sites excluding steroid dienone is 3. The van der Waals surface area contributed by atoms with Gasteiger partial charge in [0.1, 0.15) is 5.82 Å². The Morgan fingerprint density at radius 3 is 2.23 bits per heavy atom. The lowest BCUT2D eigenvalue weighted by atomic mass is 9.75. The first kappa shape index (κ1) is 23.8. The van der Waals surface area contributed by atoms with E-state index in [9.17, 15) is 15.2 Å². The molecule has 0 amide bonds. The largest absolute Gasteiger partial charge is 0.504 e. The maximum absolute atomic E-state index is 13.3. The van der Waals surface area contributed by atoms with Gasteiger partial charge in [-0.15, -0.1) is 0 Å². The number of ether oxygens (including phenoxy) is 4. The van der Waals surface area contributed by atoms with Gasteiger partial charge < -0.3 is 29.8 Å². The Morgan fingerprint density at radius 1 is 1.00 bits per heavy atom. The fourth-order valence-corrected chi connectivity index (χ4v) is 4.78. The Kier molecular flexibility index (Phi) is 6.47. The van der Waals surface area contributed by atoms with Gasteiger partial charge in [0.25, 0.3) is 0 Å². The fraction of sp³-hybridized carbons (Fsp3) is 0.308. The molecule has 0 saturated heterocycles. The normalized spacial score (nSPS) is 17.6. The zero-order valence-electron chi connectivity index (χ0n) is 20.0. The van der Waals surface area contributed by atoms with Gasteiger partial charge in [-0.2, -0.15) is 5.26 Å². The molecular formula is C26H27N3O6. The van der Waals surface area contributed by atoms with Gasteiger partial charge in [0, 0.05) is 29.8 Å². The first-order valence-electron chi connectivity index (χ1n) is 11.0. The van der Waals surface area contributed by atoms with Crippen LogP contribution >= 0.6 is 0 Å². The maximum atomic E-state index is 13.3. The Labute approximate surface area is 203 Å². The lowest BCUT2D eigenvalue weighted by Crippen LogP contribution is -2.38. The van der Waals surface area contributed by atoms with E-state index in [2.05, 4.69) is 6.07 Å². The van der Waals surface area contributed by atoms with Gasteiger partial charge >= 0.3 is 0 Å². The smallest absolute Gasteiger partial charge is 0.203 e. The predicted molar refractivity (Wildman–Crippen MR) is 129 cm³/mol. The molecule has 9 heteroatoms. The molecule has 9 nitrogen and oxygen atoms in total. The Morgan fingerprint density at radius 2 is 1.66 bits per heavy atom. The molecule has 182 valence electrons. The molecular weight excluding hydrogens is 450 g/mol. The summed E-state index contributed by atoms with van der Waals surface area (Å²) < 4.78 is 21.7. The van der Waals surface area contributed by atoms with Crippen molar-refractivity contribution in [2.24, 2.45) is 5.73 Å². The molecule has 3 N–H and O–H groups in total. The van der Waals surface area contributed by atoms with Gasteiger partial charge in [0.15, 0.2) is 28.8 Å². The van der Waals surface area contributed by atoms with Crippen LogP contribution in [0.5, 0.6) is 28.7 Å². The first-order valence-corrected chi connectivity index (χ1v) is 11.0. The van der Waals surface area contributed by atoms with Crippen LogP contribution in [0.25, 0.3) is 0 Å². The van der Waals surface area contributed by atoms with E-state index in [0.717, 1.165) is 0 Å². The molecule has 0 radical (unpaired) electrons. The van der Waals surface area contributed by atoms with E-state index in [0.29, 0.717) is 59.0 Å². The van der Waals surface area contributed by atoms with Crippen LogP contribution < -0.4 is 29.6 Å².